The van der Waals surface area contributed by atoms with Crippen LogP contribution in [0.2, 0.25) is 0 Å². The predicted molar refractivity (Wildman–Crippen MR) is 72.6 cm³/mol. The number of carbonyl (C=O) groups is 1. The van der Waals surface area contributed by atoms with Gasteiger partial charge in [0.1, 0.15) is 0 Å². The summed E-state index contributed by atoms with van der Waals surface area (Å²) in [6.07, 6.45) is 2.29. The van der Waals surface area contributed by atoms with Gasteiger partial charge in [-0.15, -0.1) is 11.3 Å². The number of amides is 1. The van der Waals surface area contributed by atoms with Crippen molar-refractivity contribution in [3.05, 3.63) is 11.1 Å². The highest BCUT2D eigenvalue weighted by Crippen LogP contribution is 2.23. The molecule has 1 fully saturated rings. The second-order valence-corrected chi connectivity index (χ2v) is 6.69. The van der Waals surface area contributed by atoms with E-state index in [1.54, 1.807) is 23.1 Å². The molecule has 1 aromatic heterocycles. The molecule has 2 heterocycles. The molecule has 0 radical (unpaired) electrons. The average molecular weight is 270 g/mol. The number of carbonyl (C=O) groups excluding carboxylic acids is 1. The van der Waals surface area contributed by atoms with Crippen LogP contribution in [0, 0.1) is 12.8 Å². The largest absolute Gasteiger partial charge is 0.342 e. The van der Waals surface area contributed by atoms with Crippen molar-refractivity contribution in [2.75, 3.05) is 18.8 Å². The molecule has 1 aliphatic heterocycles. The van der Waals surface area contributed by atoms with Crippen molar-refractivity contribution in [1.29, 1.82) is 0 Å². The van der Waals surface area contributed by atoms with Gasteiger partial charge in [0.05, 0.1) is 5.75 Å². The molecule has 1 amide bonds. The molecule has 0 N–H and O–H groups in total. The van der Waals surface area contributed by atoms with Gasteiger partial charge < -0.3 is 4.90 Å². The number of likely N-dealkylation sites (tertiary alicyclic amines) is 1. The summed E-state index contributed by atoms with van der Waals surface area (Å²) in [4.78, 5) is 18.3. The molecule has 2 rings (SSSR count). The number of aryl methyl sites for hydroxylation is 1. The number of aromatic nitrogens is 1. The van der Waals surface area contributed by atoms with Gasteiger partial charge in [0.15, 0.2) is 4.34 Å². The SMILES string of the molecule is Cc1csc(SCC(=O)N2CCC(C)CC2)n1. The van der Waals surface area contributed by atoms with Gasteiger partial charge in [0.25, 0.3) is 0 Å². The Morgan fingerprint density at radius 1 is 1.59 bits per heavy atom. The first-order chi connectivity index (χ1) is 8.15. The summed E-state index contributed by atoms with van der Waals surface area (Å²) < 4.78 is 1.00. The fourth-order valence-electron chi connectivity index (χ4n) is 1.87. The molecule has 5 heteroatoms. The van der Waals surface area contributed by atoms with Gasteiger partial charge in [0.2, 0.25) is 5.91 Å². The molecule has 1 aromatic rings. The van der Waals surface area contributed by atoms with Crippen LogP contribution in [0.5, 0.6) is 0 Å². The third-order valence-electron chi connectivity index (χ3n) is 3.05. The number of piperidine rings is 1. The van der Waals surface area contributed by atoms with E-state index in [1.807, 2.05) is 17.2 Å². The summed E-state index contributed by atoms with van der Waals surface area (Å²) in [5, 5.41) is 2.02. The van der Waals surface area contributed by atoms with Gasteiger partial charge in [-0.25, -0.2) is 4.98 Å². The summed E-state index contributed by atoms with van der Waals surface area (Å²) >= 11 is 3.18. The zero-order chi connectivity index (χ0) is 12.3. The molecule has 1 aliphatic rings. The minimum atomic E-state index is 0.259. The maximum Gasteiger partial charge on any atom is 0.233 e. The normalized spacial score (nSPS) is 17.4. The highest BCUT2D eigenvalue weighted by Gasteiger charge is 2.20. The number of nitrogens with zero attached hydrogens (tertiary/aromatic N) is 2. The van der Waals surface area contributed by atoms with Crippen LogP contribution in [0.3, 0.4) is 0 Å². The lowest BCUT2D eigenvalue weighted by Crippen LogP contribution is -2.38. The summed E-state index contributed by atoms with van der Waals surface area (Å²) in [6, 6.07) is 0. The zero-order valence-electron chi connectivity index (χ0n) is 10.3. The van der Waals surface area contributed by atoms with Crippen LogP contribution < -0.4 is 0 Å². The fourth-order valence-corrected chi connectivity index (χ4v) is 3.62. The van der Waals surface area contributed by atoms with E-state index in [4.69, 9.17) is 0 Å². The predicted octanol–water partition coefficient (Wildman–Crippen LogP) is 2.80. The fraction of sp³-hybridized carbons (Fsp3) is 0.667. The lowest BCUT2D eigenvalue weighted by molar-refractivity contribution is -0.129. The first-order valence-corrected chi connectivity index (χ1v) is 7.84. The monoisotopic (exact) mass is 270 g/mol. The van der Waals surface area contributed by atoms with Crippen molar-refractivity contribution in [1.82, 2.24) is 9.88 Å². The van der Waals surface area contributed by atoms with E-state index in [0.29, 0.717) is 5.75 Å². The van der Waals surface area contributed by atoms with E-state index < -0.39 is 0 Å². The topological polar surface area (TPSA) is 33.2 Å². The molecule has 0 aliphatic carbocycles. The van der Waals surface area contributed by atoms with Crippen molar-refractivity contribution < 1.29 is 4.79 Å². The Morgan fingerprint density at radius 2 is 2.29 bits per heavy atom. The molecule has 0 aromatic carbocycles. The van der Waals surface area contributed by atoms with E-state index in [9.17, 15) is 4.79 Å². The molecule has 3 nitrogen and oxygen atoms in total. The van der Waals surface area contributed by atoms with Crippen LogP contribution in [-0.2, 0) is 4.79 Å². The number of thioether (sulfide) groups is 1. The average Bonchev–Trinajstić information content (AvgIpc) is 2.73. The molecule has 1 saturated heterocycles. The second-order valence-electron chi connectivity index (χ2n) is 4.61. The van der Waals surface area contributed by atoms with Gasteiger partial charge in [-0.3, -0.25) is 4.79 Å². The van der Waals surface area contributed by atoms with Crippen molar-refractivity contribution in [3.63, 3.8) is 0 Å². The Hall–Kier alpha value is -0.550. The number of hydrogen-bond donors (Lipinski definition) is 0. The summed E-state index contributed by atoms with van der Waals surface area (Å²) in [5.41, 5.74) is 1.04. The minimum absolute atomic E-state index is 0.259. The van der Waals surface area contributed by atoms with Crippen LogP contribution in [0.1, 0.15) is 25.5 Å². The molecule has 94 valence electrons. The van der Waals surface area contributed by atoms with Crippen molar-refractivity contribution in [3.8, 4) is 0 Å². The van der Waals surface area contributed by atoms with Gasteiger partial charge in [-0.05, 0) is 25.7 Å². The quantitative estimate of drug-likeness (QED) is 0.792. The smallest absolute Gasteiger partial charge is 0.233 e. The Morgan fingerprint density at radius 3 is 2.88 bits per heavy atom. The molecule has 0 spiro atoms. The zero-order valence-corrected chi connectivity index (χ0v) is 11.9. The van der Waals surface area contributed by atoms with Crippen molar-refractivity contribution in [2.45, 2.75) is 31.0 Å². The lowest BCUT2D eigenvalue weighted by Gasteiger charge is -2.30. The molecule has 0 atom stereocenters. The van der Waals surface area contributed by atoms with Crippen LogP contribution in [0.25, 0.3) is 0 Å². The van der Waals surface area contributed by atoms with E-state index in [2.05, 4.69) is 11.9 Å². The van der Waals surface area contributed by atoms with Crippen LogP contribution in [-0.4, -0.2) is 34.6 Å². The van der Waals surface area contributed by atoms with Crippen molar-refractivity contribution in [2.24, 2.45) is 5.92 Å². The van der Waals surface area contributed by atoms with Gasteiger partial charge in [-0.2, -0.15) is 0 Å². The van der Waals surface area contributed by atoms with Crippen LogP contribution >= 0.6 is 23.1 Å². The second kappa shape index (κ2) is 5.87. The standard InChI is InChI=1S/C12H18N2OS2/c1-9-3-5-14(6-4-9)11(15)8-17-12-13-10(2)7-16-12/h7,9H,3-6,8H2,1-2H3. The molecule has 0 unspecified atom stereocenters. The number of hydrogen-bond acceptors (Lipinski definition) is 4. The van der Waals surface area contributed by atoms with E-state index in [0.717, 1.165) is 41.9 Å². The number of rotatable bonds is 3. The summed E-state index contributed by atoms with van der Waals surface area (Å²) in [5.74, 6) is 1.56. The van der Waals surface area contributed by atoms with E-state index in [1.165, 1.54) is 0 Å². The molecule has 0 bridgehead atoms. The molecule has 17 heavy (non-hydrogen) atoms. The lowest BCUT2D eigenvalue weighted by atomic mass is 9.99. The molecule has 0 saturated carbocycles. The maximum absolute atomic E-state index is 12.0. The Balaban J connectivity index is 1.77. The summed E-state index contributed by atoms with van der Waals surface area (Å²) in [7, 11) is 0. The third-order valence-corrected chi connectivity index (χ3v) is 5.18. The molecular weight excluding hydrogens is 252 g/mol. The third kappa shape index (κ3) is 3.71. The summed E-state index contributed by atoms with van der Waals surface area (Å²) in [6.45, 7) is 6.10. The first kappa shape index (κ1) is 12.9. The highest BCUT2D eigenvalue weighted by atomic mass is 32.2. The highest BCUT2D eigenvalue weighted by molar-refractivity contribution is 8.01. The Bertz CT molecular complexity index is 384. The van der Waals surface area contributed by atoms with Gasteiger partial charge in [-0.1, -0.05) is 18.7 Å². The Kier molecular flexibility index (Phi) is 4.45. The first-order valence-electron chi connectivity index (χ1n) is 5.98. The van der Waals surface area contributed by atoms with E-state index in [-0.39, 0.29) is 5.91 Å². The Labute approximate surface area is 111 Å². The van der Waals surface area contributed by atoms with Crippen LogP contribution in [0.15, 0.2) is 9.72 Å². The van der Waals surface area contributed by atoms with E-state index >= 15 is 0 Å². The maximum atomic E-state index is 12.0. The van der Waals surface area contributed by atoms with Crippen molar-refractivity contribution >= 4 is 29.0 Å². The van der Waals surface area contributed by atoms with Gasteiger partial charge >= 0.3 is 0 Å². The molecular formula is C12H18N2OS2. The van der Waals surface area contributed by atoms with Crippen LogP contribution in [0.4, 0.5) is 0 Å². The minimum Gasteiger partial charge on any atom is -0.342 e. The number of thiazole rings is 1. The van der Waals surface area contributed by atoms with Gasteiger partial charge in [0, 0.05) is 24.2 Å².